The van der Waals surface area contributed by atoms with Gasteiger partial charge in [-0.1, -0.05) is 36.4 Å². The number of rotatable bonds is 7. The Morgan fingerprint density at radius 2 is 1.83 bits per heavy atom. The van der Waals surface area contributed by atoms with E-state index < -0.39 is 5.82 Å². The van der Waals surface area contributed by atoms with Gasteiger partial charge in [0.25, 0.3) is 0 Å². The van der Waals surface area contributed by atoms with Crippen molar-refractivity contribution in [2.24, 2.45) is 0 Å². The SMILES string of the molecule is CC(=O)N(CCC(=O)NCCc1ccccc1)c1cccc(F)c1. The fraction of sp³-hybridized carbons (Fsp3) is 0.263. The molecule has 0 aliphatic carbocycles. The van der Waals surface area contributed by atoms with Crippen LogP contribution < -0.4 is 10.2 Å². The van der Waals surface area contributed by atoms with E-state index in [2.05, 4.69) is 5.32 Å². The van der Waals surface area contributed by atoms with E-state index in [9.17, 15) is 14.0 Å². The lowest BCUT2D eigenvalue weighted by Crippen LogP contribution is -2.34. The molecule has 126 valence electrons. The van der Waals surface area contributed by atoms with Gasteiger partial charge in [-0.05, 0) is 30.2 Å². The molecule has 0 aliphatic heterocycles. The lowest BCUT2D eigenvalue weighted by Gasteiger charge is -2.21. The number of carbonyl (C=O) groups excluding carboxylic acids is 2. The average Bonchev–Trinajstić information content (AvgIpc) is 2.56. The summed E-state index contributed by atoms with van der Waals surface area (Å²) in [6.45, 7) is 2.16. The largest absolute Gasteiger partial charge is 0.356 e. The molecule has 0 atom stereocenters. The van der Waals surface area contributed by atoms with Gasteiger partial charge in [0.15, 0.2) is 0 Å². The van der Waals surface area contributed by atoms with E-state index in [1.807, 2.05) is 30.3 Å². The molecule has 2 aromatic rings. The van der Waals surface area contributed by atoms with Crippen LogP contribution in [0.25, 0.3) is 0 Å². The predicted octanol–water partition coefficient (Wildman–Crippen LogP) is 2.93. The van der Waals surface area contributed by atoms with E-state index in [1.54, 1.807) is 12.1 Å². The maximum atomic E-state index is 13.3. The van der Waals surface area contributed by atoms with Crippen LogP contribution in [0, 0.1) is 5.82 Å². The van der Waals surface area contributed by atoms with E-state index in [1.165, 1.54) is 24.0 Å². The number of halogens is 1. The second-order valence-electron chi connectivity index (χ2n) is 5.49. The molecule has 0 unspecified atom stereocenters. The molecule has 0 fully saturated rings. The number of nitrogens with zero attached hydrogens (tertiary/aromatic N) is 1. The molecule has 2 aromatic carbocycles. The van der Waals surface area contributed by atoms with Gasteiger partial charge in [0.05, 0.1) is 0 Å². The summed E-state index contributed by atoms with van der Waals surface area (Å²) in [4.78, 5) is 25.1. The Bertz CT molecular complexity index is 689. The Hall–Kier alpha value is -2.69. The number of hydrogen-bond acceptors (Lipinski definition) is 2. The fourth-order valence-corrected chi connectivity index (χ4v) is 2.41. The number of nitrogens with one attached hydrogen (secondary N) is 1. The molecular weight excluding hydrogens is 307 g/mol. The van der Waals surface area contributed by atoms with E-state index >= 15 is 0 Å². The topological polar surface area (TPSA) is 49.4 Å². The zero-order valence-corrected chi connectivity index (χ0v) is 13.7. The Balaban J connectivity index is 1.81. The minimum Gasteiger partial charge on any atom is -0.356 e. The van der Waals surface area contributed by atoms with Crippen molar-refractivity contribution in [2.45, 2.75) is 19.8 Å². The van der Waals surface area contributed by atoms with Crippen molar-refractivity contribution in [1.82, 2.24) is 5.32 Å². The molecule has 24 heavy (non-hydrogen) atoms. The summed E-state index contributed by atoms with van der Waals surface area (Å²) < 4.78 is 13.3. The molecule has 0 radical (unpaired) electrons. The summed E-state index contributed by atoms with van der Waals surface area (Å²) in [7, 11) is 0. The molecule has 0 saturated carbocycles. The van der Waals surface area contributed by atoms with E-state index in [0.717, 1.165) is 12.0 Å². The van der Waals surface area contributed by atoms with Crippen LogP contribution in [0.3, 0.4) is 0 Å². The smallest absolute Gasteiger partial charge is 0.223 e. The minimum absolute atomic E-state index is 0.131. The highest BCUT2D eigenvalue weighted by Gasteiger charge is 2.13. The second-order valence-corrected chi connectivity index (χ2v) is 5.49. The number of benzene rings is 2. The fourth-order valence-electron chi connectivity index (χ4n) is 2.41. The summed E-state index contributed by atoms with van der Waals surface area (Å²) in [5.41, 5.74) is 1.61. The summed E-state index contributed by atoms with van der Waals surface area (Å²) in [5, 5.41) is 2.84. The molecule has 0 heterocycles. The van der Waals surface area contributed by atoms with Crippen molar-refractivity contribution in [3.8, 4) is 0 Å². The Labute approximate surface area is 141 Å². The van der Waals surface area contributed by atoms with Gasteiger partial charge in [-0.25, -0.2) is 4.39 Å². The molecule has 0 aliphatic rings. The molecule has 4 nitrogen and oxygen atoms in total. The molecule has 1 N–H and O–H groups in total. The van der Waals surface area contributed by atoms with Crippen molar-refractivity contribution in [3.63, 3.8) is 0 Å². The first-order chi connectivity index (χ1) is 11.6. The molecule has 2 rings (SSSR count). The van der Waals surface area contributed by atoms with Crippen LogP contribution >= 0.6 is 0 Å². The third kappa shape index (κ3) is 5.50. The summed E-state index contributed by atoms with van der Waals surface area (Å²) in [6.07, 6.45) is 0.928. The van der Waals surface area contributed by atoms with E-state index in [0.29, 0.717) is 12.2 Å². The van der Waals surface area contributed by atoms with Gasteiger partial charge in [-0.3, -0.25) is 9.59 Å². The van der Waals surface area contributed by atoms with E-state index in [4.69, 9.17) is 0 Å². The molecular formula is C19H21FN2O2. The highest BCUT2D eigenvalue weighted by atomic mass is 19.1. The van der Waals surface area contributed by atoms with Gasteiger partial charge in [0.2, 0.25) is 11.8 Å². The minimum atomic E-state index is -0.411. The van der Waals surface area contributed by atoms with Gasteiger partial charge >= 0.3 is 0 Å². The summed E-state index contributed by atoms with van der Waals surface area (Å²) >= 11 is 0. The van der Waals surface area contributed by atoms with Crippen LogP contribution in [0.15, 0.2) is 54.6 Å². The number of hydrogen-bond donors (Lipinski definition) is 1. The lowest BCUT2D eigenvalue weighted by atomic mass is 10.1. The zero-order valence-electron chi connectivity index (χ0n) is 13.7. The standard InChI is InChI=1S/C19H21FN2O2/c1-15(23)22(18-9-5-8-17(20)14-18)13-11-19(24)21-12-10-16-6-3-2-4-7-16/h2-9,14H,10-13H2,1H3,(H,21,24). The van der Waals surface area contributed by atoms with Crippen LogP contribution in [-0.2, 0) is 16.0 Å². The molecule has 0 saturated heterocycles. The van der Waals surface area contributed by atoms with Crippen LogP contribution in [0.1, 0.15) is 18.9 Å². The van der Waals surface area contributed by atoms with Gasteiger partial charge < -0.3 is 10.2 Å². The van der Waals surface area contributed by atoms with Crippen molar-refractivity contribution in [2.75, 3.05) is 18.0 Å². The first kappa shape index (κ1) is 17.7. The first-order valence-corrected chi connectivity index (χ1v) is 7.90. The highest BCUT2D eigenvalue weighted by molar-refractivity contribution is 5.92. The van der Waals surface area contributed by atoms with Gasteiger partial charge in [0, 0.05) is 32.1 Å². The van der Waals surface area contributed by atoms with Crippen molar-refractivity contribution < 1.29 is 14.0 Å². The number of anilines is 1. The second kappa shape index (κ2) is 8.82. The first-order valence-electron chi connectivity index (χ1n) is 7.90. The third-order valence-electron chi connectivity index (χ3n) is 3.64. The molecule has 5 heteroatoms. The molecule has 0 spiro atoms. The van der Waals surface area contributed by atoms with Crippen molar-refractivity contribution in [1.29, 1.82) is 0 Å². The average molecular weight is 328 g/mol. The summed E-state index contributed by atoms with van der Waals surface area (Å²) in [5.74, 6) is -0.766. The Morgan fingerprint density at radius 1 is 1.08 bits per heavy atom. The third-order valence-corrected chi connectivity index (χ3v) is 3.64. The highest BCUT2D eigenvalue weighted by Crippen LogP contribution is 2.16. The van der Waals surface area contributed by atoms with Crippen molar-refractivity contribution in [3.05, 3.63) is 66.0 Å². The van der Waals surface area contributed by atoms with Crippen molar-refractivity contribution >= 4 is 17.5 Å². The van der Waals surface area contributed by atoms with Gasteiger partial charge in [-0.2, -0.15) is 0 Å². The van der Waals surface area contributed by atoms with Gasteiger partial charge in [0.1, 0.15) is 5.82 Å². The molecule has 0 aromatic heterocycles. The predicted molar refractivity (Wildman–Crippen MR) is 92.2 cm³/mol. The quantitative estimate of drug-likeness (QED) is 0.849. The molecule has 2 amide bonds. The van der Waals surface area contributed by atoms with Crippen LogP contribution in [0.5, 0.6) is 0 Å². The van der Waals surface area contributed by atoms with Crippen LogP contribution in [-0.4, -0.2) is 24.9 Å². The number of amides is 2. The number of carbonyl (C=O) groups is 2. The lowest BCUT2D eigenvalue weighted by molar-refractivity contribution is -0.121. The van der Waals surface area contributed by atoms with Gasteiger partial charge in [-0.15, -0.1) is 0 Å². The van der Waals surface area contributed by atoms with Crippen LogP contribution in [0.4, 0.5) is 10.1 Å². The monoisotopic (exact) mass is 328 g/mol. The molecule has 0 bridgehead atoms. The maximum Gasteiger partial charge on any atom is 0.223 e. The maximum absolute atomic E-state index is 13.3. The van der Waals surface area contributed by atoms with E-state index in [-0.39, 0.29) is 24.8 Å². The zero-order chi connectivity index (χ0) is 17.4. The normalized spacial score (nSPS) is 10.2. The Kier molecular flexibility index (Phi) is 6.49. The summed E-state index contributed by atoms with van der Waals surface area (Å²) in [6, 6.07) is 15.7. The Morgan fingerprint density at radius 3 is 2.50 bits per heavy atom. The van der Waals surface area contributed by atoms with Crippen LogP contribution in [0.2, 0.25) is 0 Å².